The first kappa shape index (κ1) is 25.7. The molecule has 2 aromatic carbocycles. The van der Waals surface area contributed by atoms with Crippen LogP contribution in [0.15, 0.2) is 65.1 Å². The van der Waals surface area contributed by atoms with Gasteiger partial charge in [-0.15, -0.1) is 11.3 Å². The summed E-state index contributed by atoms with van der Waals surface area (Å²) >= 11 is 1.51. The van der Waals surface area contributed by atoms with Gasteiger partial charge in [-0.25, -0.2) is 9.78 Å². The van der Waals surface area contributed by atoms with Crippen LogP contribution in [-0.2, 0) is 4.74 Å². The smallest absolute Gasteiger partial charge is 0.410 e. The number of benzene rings is 2. The van der Waals surface area contributed by atoms with Gasteiger partial charge in [0.1, 0.15) is 18.0 Å². The Hall–Kier alpha value is -3.43. The van der Waals surface area contributed by atoms with E-state index < -0.39 is 5.60 Å². The molecular weight excluding hydrogens is 474 g/mol. The van der Waals surface area contributed by atoms with Crippen molar-refractivity contribution in [2.24, 2.45) is 5.10 Å². The quantitative estimate of drug-likeness (QED) is 0.334. The van der Waals surface area contributed by atoms with Gasteiger partial charge in [-0.2, -0.15) is 5.10 Å². The maximum absolute atomic E-state index is 12.2. The molecule has 0 unspecified atom stereocenters. The number of thiazole rings is 1. The second kappa shape index (κ2) is 12.0. The third-order valence-corrected chi connectivity index (χ3v) is 6.29. The Bertz CT molecular complexity index is 1150. The van der Waals surface area contributed by atoms with Crippen molar-refractivity contribution in [2.45, 2.75) is 26.4 Å². The summed E-state index contributed by atoms with van der Waals surface area (Å²) < 4.78 is 11.5. The van der Waals surface area contributed by atoms with Crippen LogP contribution < -0.4 is 10.2 Å². The number of rotatable bonds is 8. The summed E-state index contributed by atoms with van der Waals surface area (Å²) in [7, 11) is 0. The largest absolute Gasteiger partial charge is 0.492 e. The van der Waals surface area contributed by atoms with E-state index in [0.29, 0.717) is 19.7 Å². The summed E-state index contributed by atoms with van der Waals surface area (Å²) in [6, 6.07) is 17.9. The van der Waals surface area contributed by atoms with Gasteiger partial charge >= 0.3 is 6.09 Å². The number of anilines is 1. The molecule has 0 bridgehead atoms. The van der Waals surface area contributed by atoms with Crippen molar-refractivity contribution < 1.29 is 14.3 Å². The molecular formula is C27H33N5O3S. The van der Waals surface area contributed by atoms with E-state index in [1.54, 1.807) is 11.1 Å². The number of hydrogen-bond donors (Lipinski definition) is 1. The molecule has 4 rings (SSSR count). The van der Waals surface area contributed by atoms with Gasteiger partial charge in [0.15, 0.2) is 0 Å². The number of carbonyl (C=O) groups excluding carboxylic acids is 1. The predicted molar refractivity (Wildman–Crippen MR) is 145 cm³/mol. The van der Waals surface area contributed by atoms with Gasteiger partial charge < -0.3 is 14.4 Å². The van der Waals surface area contributed by atoms with Crippen LogP contribution in [0, 0.1) is 0 Å². The molecule has 0 aliphatic carbocycles. The maximum atomic E-state index is 12.2. The molecule has 0 radical (unpaired) electrons. The van der Waals surface area contributed by atoms with Gasteiger partial charge in [0.25, 0.3) is 0 Å². The molecule has 0 saturated carbocycles. The number of nitrogens with one attached hydrogen (secondary N) is 1. The highest BCUT2D eigenvalue weighted by atomic mass is 32.1. The summed E-state index contributed by atoms with van der Waals surface area (Å²) in [5.74, 6) is 0.777. The third kappa shape index (κ3) is 7.53. The van der Waals surface area contributed by atoms with Crippen molar-refractivity contribution >= 4 is 28.8 Å². The van der Waals surface area contributed by atoms with E-state index in [0.717, 1.165) is 47.3 Å². The average molecular weight is 508 g/mol. The first-order chi connectivity index (χ1) is 17.4. The second-order valence-corrected chi connectivity index (χ2v) is 10.3. The molecule has 1 aliphatic heterocycles. The van der Waals surface area contributed by atoms with Crippen LogP contribution in [0.2, 0.25) is 0 Å². The monoisotopic (exact) mass is 507 g/mol. The minimum Gasteiger partial charge on any atom is -0.492 e. The number of amides is 1. The highest BCUT2D eigenvalue weighted by Crippen LogP contribution is 2.24. The molecule has 0 spiro atoms. The minimum atomic E-state index is -0.473. The lowest BCUT2D eigenvalue weighted by atomic mass is 10.2. The Morgan fingerprint density at radius 1 is 1.08 bits per heavy atom. The number of aromatic nitrogens is 1. The molecule has 1 N–H and O–H groups in total. The van der Waals surface area contributed by atoms with E-state index in [4.69, 9.17) is 9.47 Å². The molecule has 36 heavy (non-hydrogen) atoms. The summed E-state index contributed by atoms with van der Waals surface area (Å²) in [5, 5.41) is 7.10. The Morgan fingerprint density at radius 2 is 1.81 bits per heavy atom. The van der Waals surface area contributed by atoms with Crippen LogP contribution in [0.5, 0.6) is 5.75 Å². The van der Waals surface area contributed by atoms with Crippen LogP contribution >= 0.6 is 11.3 Å². The first-order valence-electron chi connectivity index (χ1n) is 12.1. The standard InChI is InChI=1S/C27H33N5O3S/c1-27(2,3)35-26(33)32-15-13-31(14-16-32)17-18-34-24-12-8-7-11-22(24)19-28-30-25-29-23(20-36-25)21-9-5-4-6-10-21/h4-12,19-20H,13-18H2,1-3H3,(H,29,30). The molecule has 1 aliphatic rings. The molecule has 3 aromatic rings. The van der Waals surface area contributed by atoms with Gasteiger partial charge in [0.05, 0.1) is 11.9 Å². The molecule has 1 fully saturated rings. The molecule has 8 nitrogen and oxygen atoms in total. The fourth-order valence-corrected chi connectivity index (χ4v) is 4.38. The average Bonchev–Trinajstić information content (AvgIpc) is 3.34. The van der Waals surface area contributed by atoms with Crippen LogP contribution in [0.4, 0.5) is 9.93 Å². The number of carbonyl (C=O) groups is 1. The Balaban J connectivity index is 1.23. The van der Waals surface area contributed by atoms with E-state index in [1.165, 1.54) is 11.3 Å². The van der Waals surface area contributed by atoms with Gasteiger partial charge in [-0.05, 0) is 32.9 Å². The third-order valence-electron chi connectivity index (χ3n) is 5.55. The number of ether oxygens (including phenoxy) is 2. The summed E-state index contributed by atoms with van der Waals surface area (Å²) in [6.45, 7) is 9.92. The van der Waals surface area contributed by atoms with Gasteiger partial charge in [-0.3, -0.25) is 10.3 Å². The van der Waals surface area contributed by atoms with Crippen LogP contribution in [0.1, 0.15) is 26.3 Å². The lowest BCUT2D eigenvalue weighted by Gasteiger charge is -2.35. The van der Waals surface area contributed by atoms with E-state index in [2.05, 4.69) is 20.4 Å². The molecule has 1 aromatic heterocycles. The normalized spacial score (nSPS) is 14.7. The Labute approximate surface area is 216 Å². The highest BCUT2D eigenvalue weighted by Gasteiger charge is 2.25. The van der Waals surface area contributed by atoms with E-state index in [9.17, 15) is 4.79 Å². The lowest BCUT2D eigenvalue weighted by molar-refractivity contribution is 0.0137. The first-order valence-corrected chi connectivity index (χ1v) is 13.0. The fraction of sp³-hybridized carbons (Fsp3) is 0.370. The van der Waals surface area contributed by atoms with Crippen molar-refractivity contribution in [1.29, 1.82) is 0 Å². The summed E-state index contributed by atoms with van der Waals surface area (Å²) in [5.41, 5.74) is 5.44. The van der Waals surface area contributed by atoms with Crippen molar-refractivity contribution in [3.05, 3.63) is 65.5 Å². The molecule has 1 amide bonds. The SMILES string of the molecule is CC(C)(C)OC(=O)N1CCN(CCOc2ccccc2C=NNc2nc(-c3ccccc3)cs2)CC1. The van der Waals surface area contributed by atoms with Crippen LogP contribution in [0.3, 0.4) is 0 Å². The van der Waals surface area contributed by atoms with Crippen molar-refractivity contribution in [3.63, 3.8) is 0 Å². The minimum absolute atomic E-state index is 0.241. The van der Waals surface area contributed by atoms with Crippen molar-refractivity contribution in [1.82, 2.24) is 14.8 Å². The van der Waals surface area contributed by atoms with Crippen molar-refractivity contribution in [3.8, 4) is 17.0 Å². The fourth-order valence-electron chi connectivity index (χ4n) is 3.71. The van der Waals surface area contributed by atoms with E-state index in [-0.39, 0.29) is 6.09 Å². The number of nitrogens with zero attached hydrogens (tertiary/aromatic N) is 4. The number of hydrogen-bond acceptors (Lipinski definition) is 8. The van der Waals surface area contributed by atoms with E-state index in [1.807, 2.05) is 80.7 Å². The molecule has 2 heterocycles. The number of piperazine rings is 1. The zero-order valence-corrected chi connectivity index (χ0v) is 21.8. The molecule has 9 heteroatoms. The molecule has 190 valence electrons. The van der Waals surface area contributed by atoms with Crippen LogP contribution in [0.25, 0.3) is 11.3 Å². The van der Waals surface area contributed by atoms with Gasteiger partial charge in [0.2, 0.25) is 5.13 Å². The maximum Gasteiger partial charge on any atom is 0.410 e. The second-order valence-electron chi connectivity index (χ2n) is 9.47. The van der Waals surface area contributed by atoms with Gasteiger partial charge in [0, 0.05) is 49.2 Å². The molecule has 0 atom stereocenters. The van der Waals surface area contributed by atoms with Crippen molar-refractivity contribution in [2.75, 3.05) is 44.8 Å². The zero-order valence-electron chi connectivity index (χ0n) is 21.0. The highest BCUT2D eigenvalue weighted by molar-refractivity contribution is 7.14. The van der Waals surface area contributed by atoms with Gasteiger partial charge in [-0.1, -0.05) is 42.5 Å². The summed E-state index contributed by atoms with van der Waals surface area (Å²) in [6.07, 6.45) is 1.51. The Kier molecular flexibility index (Phi) is 8.56. The zero-order chi connectivity index (χ0) is 25.4. The summed E-state index contributed by atoms with van der Waals surface area (Å²) in [4.78, 5) is 20.9. The lowest BCUT2D eigenvalue weighted by Crippen LogP contribution is -2.50. The molecule has 1 saturated heterocycles. The Morgan fingerprint density at radius 3 is 2.56 bits per heavy atom. The number of hydrazone groups is 1. The van der Waals surface area contributed by atoms with Crippen LogP contribution in [-0.4, -0.2) is 72.0 Å². The topological polar surface area (TPSA) is 79.3 Å². The number of para-hydroxylation sites is 1. The predicted octanol–water partition coefficient (Wildman–Crippen LogP) is 5.19. The van der Waals surface area contributed by atoms with E-state index >= 15 is 0 Å².